The maximum Gasteiger partial charge on any atom is 0.138 e. The van der Waals surface area contributed by atoms with Crippen LogP contribution in [0.3, 0.4) is 0 Å². The van der Waals surface area contributed by atoms with Gasteiger partial charge in [-0.2, -0.15) is 0 Å². The standard InChI is InChI=1S/C21H19ClFN3/c1-13(2)11-18-21-24-9-10-26(21)19-8-7-14(22)12-16(19)20(25-18)15-5-3-4-6-17(15)23/h3-10,12-13,18H,11H2,1-2H3. The zero-order valence-electron chi connectivity index (χ0n) is 14.7. The number of aliphatic imine (C=N–C) groups is 1. The summed E-state index contributed by atoms with van der Waals surface area (Å²) in [7, 11) is 0. The van der Waals surface area contributed by atoms with Crippen molar-refractivity contribution in [1.29, 1.82) is 0 Å². The number of hydrogen-bond acceptors (Lipinski definition) is 2. The van der Waals surface area contributed by atoms with Gasteiger partial charge in [0.1, 0.15) is 17.7 Å². The van der Waals surface area contributed by atoms with Crippen LogP contribution in [0.4, 0.5) is 4.39 Å². The summed E-state index contributed by atoms with van der Waals surface area (Å²) >= 11 is 6.27. The number of benzene rings is 2. The zero-order chi connectivity index (χ0) is 18.3. The maximum atomic E-state index is 14.6. The van der Waals surface area contributed by atoms with Gasteiger partial charge in [0, 0.05) is 28.5 Å². The highest BCUT2D eigenvalue weighted by Gasteiger charge is 2.27. The molecule has 1 unspecified atom stereocenters. The summed E-state index contributed by atoms with van der Waals surface area (Å²) in [6.45, 7) is 4.31. The fourth-order valence-corrected chi connectivity index (χ4v) is 3.60. The Bertz CT molecular complexity index is 990. The fourth-order valence-electron chi connectivity index (χ4n) is 3.43. The molecule has 1 atom stereocenters. The van der Waals surface area contributed by atoms with Crippen molar-refractivity contribution in [1.82, 2.24) is 9.55 Å². The first kappa shape index (κ1) is 17.0. The Kier molecular flexibility index (Phi) is 4.37. The van der Waals surface area contributed by atoms with E-state index in [4.69, 9.17) is 16.6 Å². The van der Waals surface area contributed by atoms with Gasteiger partial charge < -0.3 is 4.57 Å². The molecule has 26 heavy (non-hydrogen) atoms. The quantitative estimate of drug-likeness (QED) is 0.592. The van der Waals surface area contributed by atoms with E-state index < -0.39 is 0 Å². The van der Waals surface area contributed by atoms with Crippen LogP contribution in [0.5, 0.6) is 0 Å². The van der Waals surface area contributed by atoms with Crippen LogP contribution < -0.4 is 0 Å². The number of nitrogens with zero attached hydrogens (tertiary/aromatic N) is 3. The highest BCUT2D eigenvalue weighted by Crippen LogP contribution is 2.34. The van der Waals surface area contributed by atoms with Gasteiger partial charge in [0.25, 0.3) is 0 Å². The van der Waals surface area contributed by atoms with Crippen LogP contribution in [-0.2, 0) is 0 Å². The molecule has 132 valence electrons. The van der Waals surface area contributed by atoms with Crippen LogP contribution in [-0.4, -0.2) is 15.3 Å². The fraction of sp³-hybridized carbons (Fsp3) is 0.238. The second-order valence-corrected chi connectivity index (χ2v) is 7.36. The van der Waals surface area contributed by atoms with Crippen molar-refractivity contribution < 1.29 is 4.39 Å². The average Bonchev–Trinajstić information content (AvgIpc) is 3.04. The first-order valence-corrected chi connectivity index (χ1v) is 9.08. The second-order valence-electron chi connectivity index (χ2n) is 6.92. The molecule has 1 aliphatic rings. The molecule has 3 aromatic rings. The number of imidazole rings is 1. The number of rotatable bonds is 3. The molecule has 3 nitrogen and oxygen atoms in total. The molecule has 5 heteroatoms. The van der Waals surface area contributed by atoms with E-state index in [1.807, 2.05) is 35.0 Å². The third kappa shape index (κ3) is 2.95. The summed E-state index contributed by atoms with van der Waals surface area (Å²) in [5.74, 6) is 1.01. The van der Waals surface area contributed by atoms with E-state index in [9.17, 15) is 4.39 Å². The summed E-state index contributed by atoms with van der Waals surface area (Å²) in [5.41, 5.74) is 2.83. The van der Waals surface area contributed by atoms with Crippen molar-refractivity contribution in [3.05, 3.63) is 82.6 Å². The van der Waals surface area contributed by atoms with E-state index in [0.717, 1.165) is 23.5 Å². The van der Waals surface area contributed by atoms with Gasteiger partial charge in [0.15, 0.2) is 0 Å². The summed E-state index contributed by atoms with van der Waals surface area (Å²) in [6.07, 6.45) is 4.54. The van der Waals surface area contributed by atoms with Crippen LogP contribution >= 0.6 is 11.6 Å². The van der Waals surface area contributed by atoms with Gasteiger partial charge in [-0.1, -0.05) is 37.6 Å². The molecule has 0 N–H and O–H groups in total. The van der Waals surface area contributed by atoms with Gasteiger partial charge in [0.05, 0.1) is 11.4 Å². The summed E-state index contributed by atoms with van der Waals surface area (Å²) in [4.78, 5) is 9.53. The third-order valence-corrected chi connectivity index (χ3v) is 4.78. The molecule has 1 aliphatic heterocycles. The molecule has 0 bridgehead atoms. The average molecular weight is 368 g/mol. The van der Waals surface area contributed by atoms with E-state index >= 15 is 0 Å². The summed E-state index contributed by atoms with van der Waals surface area (Å²) < 4.78 is 16.6. The molecule has 0 saturated carbocycles. The van der Waals surface area contributed by atoms with Crippen molar-refractivity contribution in [2.45, 2.75) is 26.3 Å². The first-order chi connectivity index (χ1) is 12.5. The van der Waals surface area contributed by atoms with Crippen LogP contribution in [0.2, 0.25) is 5.02 Å². The molecular formula is C21H19ClFN3. The first-order valence-electron chi connectivity index (χ1n) is 8.71. The SMILES string of the molecule is CC(C)CC1N=C(c2ccccc2F)c2cc(Cl)ccc2-n2ccnc21. The van der Waals surface area contributed by atoms with Gasteiger partial charge in [-0.15, -0.1) is 0 Å². The molecule has 0 radical (unpaired) electrons. The minimum Gasteiger partial charge on any atom is -0.301 e. The molecule has 0 aliphatic carbocycles. The van der Waals surface area contributed by atoms with Crippen molar-refractivity contribution in [2.75, 3.05) is 0 Å². The molecule has 0 fully saturated rings. The topological polar surface area (TPSA) is 30.2 Å². The predicted octanol–water partition coefficient (Wildman–Crippen LogP) is 5.60. The van der Waals surface area contributed by atoms with E-state index in [2.05, 4.69) is 18.8 Å². The van der Waals surface area contributed by atoms with Gasteiger partial charge in [-0.25, -0.2) is 9.37 Å². The third-order valence-electron chi connectivity index (χ3n) is 4.55. The van der Waals surface area contributed by atoms with Crippen LogP contribution in [0.25, 0.3) is 5.69 Å². The van der Waals surface area contributed by atoms with Gasteiger partial charge in [-0.3, -0.25) is 4.99 Å². The number of fused-ring (bicyclic) bond motifs is 3. The Hall–Kier alpha value is -2.46. The van der Waals surface area contributed by atoms with Crippen molar-refractivity contribution in [3.63, 3.8) is 0 Å². The maximum absolute atomic E-state index is 14.6. The Morgan fingerprint density at radius 2 is 1.96 bits per heavy atom. The molecular weight excluding hydrogens is 349 g/mol. The van der Waals surface area contributed by atoms with Crippen molar-refractivity contribution >= 4 is 17.3 Å². The monoisotopic (exact) mass is 367 g/mol. The lowest BCUT2D eigenvalue weighted by molar-refractivity contribution is 0.493. The Balaban J connectivity index is 2.01. The van der Waals surface area contributed by atoms with Crippen LogP contribution in [0, 0.1) is 11.7 Å². The highest BCUT2D eigenvalue weighted by atomic mass is 35.5. The Morgan fingerprint density at radius 1 is 1.15 bits per heavy atom. The summed E-state index contributed by atoms with van der Waals surface area (Å²) in [6, 6.07) is 12.2. The molecule has 0 saturated heterocycles. The molecule has 1 aromatic heterocycles. The number of aromatic nitrogens is 2. The normalized spacial score (nSPS) is 16.0. The second kappa shape index (κ2) is 6.69. The van der Waals surface area contributed by atoms with Crippen LogP contribution in [0.15, 0.2) is 59.9 Å². The largest absolute Gasteiger partial charge is 0.301 e. The van der Waals surface area contributed by atoms with Crippen molar-refractivity contribution in [2.24, 2.45) is 10.9 Å². The highest BCUT2D eigenvalue weighted by molar-refractivity contribution is 6.31. The van der Waals surface area contributed by atoms with E-state index in [1.165, 1.54) is 6.07 Å². The van der Waals surface area contributed by atoms with Crippen molar-refractivity contribution in [3.8, 4) is 5.69 Å². The summed E-state index contributed by atoms with van der Waals surface area (Å²) in [5, 5.41) is 0.594. The molecule has 2 heterocycles. The van der Waals surface area contributed by atoms with Gasteiger partial charge in [0.2, 0.25) is 0 Å². The molecule has 0 amide bonds. The number of halogens is 2. The van der Waals surface area contributed by atoms with E-state index in [1.54, 1.807) is 18.3 Å². The lowest BCUT2D eigenvalue weighted by Gasteiger charge is -2.15. The van der Waals surface area contributed by atoms with Crippen LogP contribution in [0.1, 0.15) is 43.3 Å². The Morgan fingerprint density at radius 3 is 2.73 bits per heavy atom. The van der Waals surface area contributed by atoms with E-state index in [0.29, 0.717) is 22.2 Å². The zero-order valence-corrected chi connectivity index (χ0v) is 15.4. The lowest BCUT2D eigenvalue weighted by atomic mass is 9.99. The Labute approximate surface area is 157 Å². The molecule has 4 rings (SSSR count). The minimum atomic E-state index is -0.292. The van der Waals surface area contributed by atoms with Gasteiger partial charge >= 0.3 is 0 Å². The van der Waals surface area contributed by atoms with E-state index in [-0.39, 0.29) is 11.9 Å². The molecule has 2 aromatic carbocycles. The predicted molar refractivity (Wildman–Crippen MR) is 103 cm³/mol. The minimum absolute atomic E-state index is 0.147. The van der Waals surface area contributed by atoms with Gasteiger partial charge in [-0.05, 0) is 42.7 Å². The lowest BCUT2D eigenvalue weighted by Crippen LogP contribution is -2.09. The molecule has 0 spiro atoms. The smallest absolute Gasteiger partial charge is 0.138 e. The number of hydrogen-bond donors (Lipinski definition) is 0.